The molecule has 5 N–H and O–H groups in total. The smallest absolute Gasteiger partial charge is 0.112 e. The SMILES string of the molecule is NOC[C@H]1O[C@H](CO)[C@@H](O)[C@@H]1O. The first-order valence-corrected chi connectivity index (χ1v) is 3.64. The van der Waals surface area contributed by atoms with Crippen LogP contribution in [0.2, 0.25) is 0 Å². The Hall–Kier alpha value is -0.240. The Bertz CT molecular complexity index is 144. The summed E-state index contributed by atoms with van der Waals surface area (Å²) >= 11 is 0. The van der Waals surface area contributed by atoms with Crippen LogP contribution in [0.15, 0.2) is 0 Å². The fourth-order valence-corrected chi connectivity index (χ4v) is 1.21. The highest BCUT2D eigenvalue weighted by Gasteiger charge is 2.42. The van der Waals surface area contributed by atoms with Crippen LogP contribution in [-0.2, 0) is 9.57 Å². The van der Waals surface area contributed by atoms with Gasteiger partial charge in [-0.3, -0.25) is 0 Å². The summed E-state index contributed by atoms with van der Waals surface area (Å²) in [5.41, 5.74) is 0. The normalized spacial score (nSPS) is 42.0. The van der Waals surface area contributed by atoms with E-state index in [0.29, 0.717) is 0 Å². The van der Waals surface area contributed by atoms with Crippen molar-refractivity contribution < 1.29 is 24.9 Å². The summed E-state index contributed by atoms with van der Waals surface area (Å²) in [6.45, 7) is -0.339. The molecular formula is C6H13NO5. The molecule has 0 aromatic heterocycles. The van der Waals surface area contributed by atoms with Crippen LogP contribution in [0.25, 0.3) is 0 Å². The minimum Gasteiger partial charge on any atom is -0.394 e. The van der Waals surface area contributed by atoms with Crippen LogP contribution in [0.3, 0.4) is 0 Å². The van der Waals surface area contributed by atoms with E-state index in [1.165, 1.54) is 0 Å². The summed E-state index contributed by atoms with van der Waals surface area (Å²) in [7, 11) is 0. The molecule has 1 aliphatic heterocycles. The third-order valence-corrected chi connectivity index (χ3v) is 1.90. The second-order valence-corrected chi connectivity index (χ2v) is 2.71. The maximum atomic E-state index is 9.27. The first-order valence-electron chi connectivity index (χ1n) is 3.64. The molecule has 0 saturated carbocycles. The lowest BCUT2D eigenvalue weighted by Crippen LogP contribution is -2.35. The van der Waals surface area contributed by atoms with Gasteiger partial charge in [-0.1, -0.05) is 0 Å². The number of nitrogens with two attached hydrogens (primary N) is 1. The van der Waals surface area contributed by atoms with Gasteiger partial charge < -0.3 is 24.9 Å². The molecule has 0 amide bonds. The van der Waals surface area contributed by atoms with Gasteiger partial charge in [0.15, 0.2) is 0 Å². The minimum atomic E-state index is -1.07. The van der Waals surface area contributed by atoms with Gasteiger partial charge in [-0.2, -0.15) is 0 Å². The van der Waals surface area contributed by atoms with E-state index >= 15 is 0 Å². The van der Waals surface area contributed by atoms with Gasteiger partial charge in [-0.05, 0) is 0 Å². The summed E-state index contributed by atoms with van der Waals surface area (Å²) in [4.78, 5) is 4.26. The molecule has 6 nitrogen and oxygen atoms in total. The minimum absolute atomic E-state index is 0.00523. The van der Waals surface area contributed by atoms with Gasteiger partial charge in [0.2, 0.25) is 0 Å². The molecule has 1 aliphatic rings. The molecule has 1 saturated heterocycles. The molecular weight excluding hydrogens is 166 g/mol. The number of hydrogen-bond acceptors (Lipinski definition) is 6. The summed E-state index contributed by atoms with van der Waals surface area (Å²) < 4.78 is 5.02. The van der Waals surface area contributed by atoms with Gasteiger partial charge in [0, 0.05) is 0 Å². The fourth-order valence-electron chi connectivity index (χ4n) is 1.21. The Balaban J connectivity index is 2.48. The van der Waals surface area contributed by atoms with Gasteiger partial charge in [0.05, 0.1) is 13.2 Å². The van der Waals surface area contributed by atoms with Crippen LogP contribution < -0.4 is 5.90 Å². The van der Waals surface area contributed by atoms with E-state index in [4.69, 9.17) is 15.7 Å². The van der Waals surface area contributed by atoms with Crippen LogP contribution in [0, 0.1) is 0 Å². The van der Waals surface area contributed by atoms with Gasteiger partial charge in [0.1, 0.15) is 24.4 Å². The topological polar surface area (TPSA) is 105 Å². The summed E-state index contributed by atoms with van der Waals surface area (Å²) in [5, 5.41) is 27.2. The highest BCUT2D eigenvalue weighted by molar-refractivity contribution is 4.89. The monoisotopic (exact) mass is 179 g/mol. The fraction of sp³-hybridized carbons (Fsp3) is 1.00. The lowest BCUT2D eigenvalue weighted by atomic mass is 10.1. The molecule has 12 heavy (non-hydrogen) atoms. The molecule has 0 aromatic rings. The van der Waals surface area contributed by atoms with Crippen LogP contribution in [-0.4, -0.2) is 52.9 Å². The number of aliphatic hydroxyl groups excluding tert-OH is 3. The van der Waals surface area contributed by atoms with E-state index in [2.05, 4.69) is 4.84 Å². The molecule has 72 valence electrons. The van der Waals surface area contributed by atoms with Crippen molar-refractivity contribution in [1.29, 1.82) is 0 Å². The first-order chi connectivity index (χ1) is 5.70. The molecule has 0 bridgehead atoms. The molecule has 1 heterocycles. The Kier molecular flexibility index (Phi) is 3.39. The molecule has 1 fully saturated rings. The Labute approximate surface area is 69.5 Å². The second kappa shape index (κ2) is 4.13. The van der Waals surface area contributed by atoms with Crippen LogP contribution in [0.5, 0.6) is 0 Å². The zero-order valence-electron chi connectivity index (χ0n) is 6.46. The maximum Gasteiger partial charge on any atom is 0.112 e. The number of aliphatic hydroxyl groups is 3. The molecule has 6 heteroatoms. The highest BCUT2D eigenvalue weighted by atomic mass is 16.6. The molecule has 0 radical (unpaired) electrons. The summed E-state index contributed by atoms with van der Waals surface area (Å²) in [5.74, 6) is 4.77. The van der Waals surface area contributed by atoms with Crippen molar-refractivity contribution in [2.75, 3.05) is 13.2 Å². The quantitative estimate of drug-likeness (QED) is 0.353. The predicted octanol–water partition coefficient (Wildman–Crippen LogP) is -2.64. The van der Waals surface area contributed by atoms with Crippen molar-refractivity contribution in [3.63, 3.8) is 0 Å². The zero-order chi connectivity index (χ0) is 9.14. The van der Waals surface area contributed by atoms with E-state index < -0.39 is 24.4 Å². The zero-order valence-corrected chi connectivity index (χ0v) is 6.46. The highest BCUT2D eigenvalue weighted by Crippen LogP contribution is 2.20. The molecule has 0 aliphatic carbocycles. The van der Waals surface area contributed by atoms with Gasteiger partial charge in [0.25, 0.3) is 0 Å². The third-order valence-electron chi connectivity index (χ3n) is 1.90. The lowest BCUT2D eigenvalue weighted by molar-refractivity contribution is -0.0564. The Morgan fingerprint density at radius 1 is 1.25 bits per heavy atom. The Morgan fingerprint density at radius 2 is 1.83 bits per heavy atom. The van der Waals surface area contributed by atoms with Crippen LogP contribution in [0.4, 0.5) is 0 Å². The Morgan fingerprint density at radius 3 is 2.25 bits per heavy atom. The average Bonchev–Trinajstić information content (AvgIpc) is 2.33. The van der Waals surface area contributed by atoms with Crippen LogP contribution in [0.1, 0.15) is 0 Å². The van der Waals surface area contributed by atoms with Gasteiger partial charge in [-0.25, -0.2) is 5.90 Å². The summed E-state index contributed by atoms with van der Waals surface area (Å²) in [6.07, 6.45) is -3.54. The van der Waals surface area contributed by atoms with E-state index in [9.17, 15) is 10.2 Å². The maximum absolute atomic E-state index is 9.27. The lowest BCUT2D eigenvalue weighted by Gasteiger charge is -2.12. The van der Waals surface area contributed by atoms with Crippen molar-refractivity contribution in [1.82, 2.24) is 0 Å². The number of ether oxygens (including phenoxy) is 1. The third kappa shape index (κ3) is 1.74. The standard InChI is InChI=1S/C6H13NO5/c7-11-2-4-6(10)5(9)3(1-8)12-4/h3-6,8-10H,1-2,7H2/t3-,4-,5-,6-/m1/s1. The van der Waals surface area contributed by atoms with E-state index in [1.807, 2.05) is 0 Å². The number of rotatable bonds is 3. The molecule has 0 unspecified atom stereocenters. The van der Waals surface area contributed by atoms with Crippen molar-refractivity contribution in [3.8, 4) is 0 Å². The van der Waals surface area contributed by atoms with Crippen molar-refractivity contribution in [2.45, 2.75) is 24.4 Å². The predicted molar refractivity (Wildman–Crippen MR) is 37.9 cm³/mol. The molecule has 4 atom stereocenters. The van der Waals surface area contributed by atoms with E-state index in [0.717, 1.165) is 0 Å². The first kappa shape index (κ1) is 9.85. The van der Waals surface area contributed by atoms with E-state index in [-0.39, 0.29) is 13.2 Å². The number of hydrogen-bond donors (Lipinski definition) is 4. The van der Waals surface area contributed by atoms with E-state index in [1.54, 1.807) is 0 Å². The second-order valence-electron chi connectivity index (χ2n) is 2.71. The summed E-state index contributed by atoms with van der Waals surface area (Å²) in [6, 6.07) is 0. The van der Waals surface area contributed by atoms with Crippen molar-refractivity contribution in [3.05, 3.63) is 0 Å². The largest absolute Gasteiger partial charge is 0.394 e. The van der Waals surface area contributed by atoms with Crippen molar-refractivity contribution >= 4 is 0 Å². The van der Waals surface area contributed by atoms with Gasteiger partial charge >= 0.3 is 0 Å². The average molecular weight is 179 g/mol. The molecule has 1 rings (SSSR count). The van der Waals surface area contributed by atoms with Crippen molar-refractivity contribution in [2.24, 2.45) is 5.90 Å². The van der Waals surface area contributed by atoms with Gasteiger partial charge in [-0.15, -0.1) is 0 Å². The molecule has 0 aromatic carbocycles. The molecule has 0 spiro atoms. The van der Waals surface area contributed by atoms with Crippen LogP contribution >= 0.6 is 0 Å².